The molecule has 0 saturated heterocycles. The van der Waals surface area contributed by atoms with Gasteiger partial charge in [-0.2, -0.15) is 5.10 Å². The molecule has 0 saturated carbocycles. The zero-order chi connectivity index (χ0) is 13.1. The fourth-order valence-electron chi connectivity index (χ4n) is 1.44. The third kappa shape index (κ3) is 3.52. The Hall–Kier alpha value is -0.920. The van der Waals surface area contributed by atoms with Gasteiger partial charge in [0.05, 0.1) is 0 Å². The fraction of sp³-hybridized carbons (Fsp3) is 0.700. The van der Waals surface area contributed by atoms with E-state index < -0.39 is 10.0 Å². The van der Waals surface area contributed by atoms with Crippen molar-refractivity contribution < 1.29 is 8.42 Å². The molecular formula is C10H20N4O2S. The van der Waals surface area contributed by atoms with E-state index >= 15 is 0 Å². The normalized spacial score (nSPS) is 12.3. The Bertz CT molecular complexity index is 465. The van der Waals surface area contributed by atoms with Gasteiger partial charge in [-0.1, -0.05) is 13.8 Å². The number of rotatable bonds is 6. The van der Waals surface area contributed by atoms with Crippen LogP contribution in [0.25, 0.3) is 0 Å². The van der Waals surface area contributed by atoms with E-state index in [2.05, 4.69) is 14.9 Å². The molecule has 17 heavy (non-hydrogen) atoms. The van der Waals surface area contributed by atoms with Gasteiger partial charge in [-0.15, -0.1) is 0 Å². The number of sulfonamides is 1. The molecule has 0 aromatic carbocycles. The van der Waals surface area contributed by atoms with Gasteiger partial charge in [-0.25, -0.2) is 13.1 Å². The molecule has 98 valence electrons. The average Bonchev–Trinajstić information content (AvgIpc) is 2.59. The van der Waals surface area contributed by atoms with Crippen LogP contribution in [0.4, 0.5) is 0 Å². The summed E-state index contributed by atoms with van der Waals surface area (Å²) in [5.41, 5.74) is 6.75. The van der Waals surface area contributed by atoms with E-state index in [1.807, 2.05) is 13.8 Å². The lowest BCUT2D eigenvalue weighted by molar-refractivity contribution is 0.548. The van der Waals surface area contributed by atoms with Crippen LogP contribution < -0.4 is 10.5 Å². The molecule has 0 unspecified atom stereocenters. The zero-order valence-electron chi connectivity index (χ0n) is 10.4. The maximum absolute atomic E-state index is 12.0. The van der Waals surface area contributed by atoms with Gasteiger partial charge in [0.1, 0.15) is 0 Å². The number of aromatic nitrogens is 2. The van der Waals surface area contributed by atoms with E-state index in [-0.39, 0.29) is 11.6 Å². The molecule has 0 atom stereocenters. The minimum Gasteiger partial charge on any atom is -0.326 e. The van der Waals surface area contributed by atoms with Crippen LogP contribution in [0.3, 0.4) is 0 Å². The molecule has 7 heteroatoms. The van der Waals surface area contributed by atoms with Crippen molar-refractivity contribution in [3.8, 4) is 0 Å². The van der Waals surface area contributed by atoms with Gasteiger partial charge in [0.15, 0.2) is 5.03 Å². The zero-order valence-corrected chi connectivity index (χ0v) is 11.3. The van der Waals surface area contributed by atoms with E-state index in [9.17, 15) is 8.42 Å². The van der Waals surface area contributed by atoms with E-state index in [1.54, 1.807) is 6.92 Å². The first kappa shape index (κ1) is 14.1. The topological polar surface area (TPSA) is 101 Å². The second-order valence-corrected chi connectivity index (χ2v) is 6.10. The lowest BCUT2D eigenvalue weighted by atomic mass is 10.1. The number of hydrogen-bond donors (Lipinski definition) is 3. The highest BCUT2D eigenvalue weighted by Crippen LogP contribution is 2.15. The molecule has 1 aromatic rings. The molecule has 0 aliphatic rings. The molecule has 4 N–H and O–H groups in total. The standard InChI is InChI=1S/C10H20N4O2S/c1-7(2)4-5-12-17(15,16)10-9(6-11)8(3)13-14-10/h7,12H,4-6,11H2,1-3H3,(H,13,14). The monoisotopic (exact) mass is 260 g/mol. The van der Waals surface area contributed by atoms with Crippen LogP contribution >= 0.6 is 0 Å². The second kappa shape index (κ2) is 5.61. The highest BCUT2D eigenvalue weighted by atomic mass is 32.2. The summed E-state index contributed by atoms with van der Waals surface area (Å²) < 4.78 is 26.4. The van der Waals surface area contributed by atoms with Crippen LogP contribution in [0, 0.1) is 12.8 Å². The minimum absolute atomic E-state index is 0.0151. The van der Waals surface area contributed by atoms with Crippen molar-refractivity contribution in [3.05, 3.63) is 11.3 Å². The maximum Gasteiger partial charge on any atom is 0.260 e. The molecule has 0 amide bonds. The molecule has 1 rings (SSSR count). The summed E-state index contributed by atoms with van der Waals surface area (Å²) >= 11 is 0. The quantitative estimate of drug-likeness (QED) is 0.693. The van der Waals surface area contributed by atoms with Crippen molar-refractivity contribution in [2.45, 2.75) is 38.8 Å². The van der Waals surface area contributed by atoms with Crippen LogP contribution in [0.1, 0.15) is 31.5 Å². The SMILES string of the molecule is Cc1[nH]nc(S(=O)(=O)NCCC(C)C)c1CN. The van der Waals surface area contributed by atoms with E-state index in [4.69, 9.17) is 5.73 Å². The number of nitrogens with two attached hydrogens (primary N) is 1. The number of aromatic amines is 1. The van der Waals surface area contributed by atoms with Crippen LogP contribution in [-0.4, -0.2) is 25.2 Å². The number of hydrogen-bond acceptors (Lipinski definition) is 4. The molecular weight excluding hydrogens is 240 g/mol. The smallest absolute Gasteiger partial charge is 0.260 e. The predicted octanol–water partition coefficient (Wildman–Crippen LogP) is 0.501. The molecule has 0 spiro atoms. The van der Waals surface area contributed by atoms with Crippen LogP contribution in [0.15, 0.2) is 5.03 Å². The third-order valence-corrected chi connectivity index (χ3v) is 3.94. The summed E-state index contributed by atoms with van der Waals surface area (Å²) in [6.07, 6.45) is 0.792. The predicted molar refractivity (Wildman–Crippen MR) is 65.9 cm³/mol. The lowest BCUT2D eigenvalue weighted by Gasteiger charge is -2.07. The summed E-state index contributed by atoms with van der Waals surface area (Å²) in [7, 11) is -3.55. The lowest BCUT2D eigenvalue weighted by Crippen LogP contribution is -2.27. The first-order valence-electron chi connectivity index (χ1n) is 5.62. The summed E-state index contributed by atoms with van der Waals surface area (Å²) in [5, 5.41) is 6.46. The average molecular weight is 260 g/mol. The van der Waals surface area contributed by atoms with Gasteiger partial charge in [-0.3, -0.25) is 5.10 Å². The highest BCUT2D eigenvalue weighted by molar-refractivity contribution is 7.89. The van der Waals surface area contributed by atoms with Gasteiger partial charge >= 0.3 is 0 Å². The van der Waals surface area contributed by atoms with Crippen molar-refractivity contribution in [1.29, 1.82) is 0 Å². The van der Waals surface area contributed by atoms with E-state index in [0.717, 1.165) is 6.42 Å². The fourth-order valence-corrected chi connectivity index (χ4v) is 2.69. The Labute approximate surface area is 102 Å². The van der Waals surface area contributed by atoms with Crippen molar-refractivity contribution in [2.75, 3.05) is 6.54 Å². The Morgan fingerprint density at radius 2 is 2.12 bits per heavy atom. The number of aryl methyl sites for hydroxylation is 1. The van der Waals surface area contributed by atoms with Crippen LogP contribution in [-0.2, 0) is 16.6 Å². The first-order chi connectivity index (χ1) is 7.88. The summed E-state index contributed by atoms with van der Waals surface area (Å²) in [6, 6.07) is 0. The molecule has 1 heterocycles. The Kier molecular flexibility index (Phi) is 4.67. The Balaban J connectivity index is 2.82. The Morgan fingerprint density at radius 3 is 2.65 bits per heavy atom. The van der Waals surface area contributed by atoms with Crippen molar-refractivity contribution in [1.82, 2.24) is 14.9 Å². The van der Waals surface area contributed by atoms with Gasteiger partial charge in [0.25, 0.3) is 10.0 Å². The van der Waals surface area contributed by atoms with Crippen molar-refractivity contribution in [2.24, 2.45) is 11.7 Å². The molecule has 1 aromatic heterocycles. The highest BCUT2D eigenvalue weighted by Gasteiger charge is 2.22. The maximum atomic E-state index is 12.0. The molecule has 0 radical (unpaired) electrons. The van der Waals surface area contributed by atoms with Crippen LogP contribution in [0.5, 0.6) is 0 Å². The summed E-state index contributed by atoms with van der Waals surface area (Å²) in [5.74, 6) is 0.451. The molecule has 6 nitrogen and oxygen atoms in total. The van der Waals surface area contributed by atoms with E-state index in [1.165, 1.54) is 0 Å². The van der Waals surface area contributed by atoms with Gasteiger partial charge < -0.3 is 5.73 Å². The molecule has 0 fully saturated rings. The Morgan fingerprint density at radius 1 is 1.47 bits per heavy atom. The number of nitrogens with one attached hydrogen (secondary N) is 2. The molecule has 0 bridgehead atoms. The largest absolute Gasteiger partial charge is 0.326 e. The van der Waals surface area contributed by atoms with Crippen molar-refractivity contribution >= 4 is 10.0 Å². The second-order valence-electron chi connectivity index (χ2n) is 4.42. The molecule has 0 aliphatic heterocycles. The number of H-pyrrole nitrogens is 1. The first-order valence-corrected chi connectivity index (χ1v) is 7.10. The van der Waals surface area contributed by atoms with Gasteiger partial charge in [0.2, 0.25) is 0 Å². The van der Waals surface area contributed by atoms with Gasteiger partial charge in [-0.05, 0) is 19.3 Å². The van der Waals surface area contributed by atoms with Gasteiger partial charge in [0, 0.05) is 24.3 Å². The summed E-state index contributed by atoms with van der Waals surface area (Å²) in [6.45, 7) is 6.40. The third-order valence-electron chi connectivity index (χ3n) is 2.51. The minimum atomic E-state index is -3.55. The van der Waals surface area contributed by atoms with E-state index in [0.29, 0.717) is 23.7 Å². The molecule has 0 aliphatic carbocycles. The number of nitrogens with zero attached hydrogens (tertiary/aromatic N) is 1. The summed E-state index contributed by atoms with van der Waals surface area (Å²) in [4.78, 5) is 0. The van der Waals surface area contributed by atoms with Crippen LogP contribution in [0.2, 0.25) is 0 Å². The van der Waals surface area contributed by atoms with Crippen molar-refractivity contribution in [3.63, 3.8) is 0 Å².